The maximum absolute atomic E-state index is 6.34. The first-order valence-corrected chi connectivity index (χ1v) is 7.10. The third-order valence-corrected chi connectivity index (χ3v) is 4.06. The zero-order valence-corrected chi connectivity index (χ0v) is 12.9. The smallest absolute Gasteiger partial charge is 0.0504 e. The molecule has 1 aromatic carbocycles. The Bertz CT molecular complexity index is 417. The highest BCUT2D eigenvalue weighted by molar-refractivity contribution is 5.46. The second kappa shape index (κ2) is 5.14. The van der Waals surface area contributed by atoms with E-state index in [-0.39, 0.29) is 11.6 Å². The molecule has 3 nitrogen and oxygen atoms in total. The summed E-state index contributed by atoms with van der Waals surface area (Å²) in [6.45, 7) is 7.90. The predicted octanol–water partition coefficient (Wildman–Crippen LogP) is 2.63. The van der Waals surface area contributed by atoms with E-state index in [0.717, 1.165) is 13.0 Å². The molecule has 1 saturated heterocycles. The highest BCUT2D eigenvalue weighted by Crippen LogP contribution is 2.36. The molecule has 1 heterocycles. The van der Waals surface area contributed by atoms with Crippen LogP contribution in [0.2, 0.25) is 0 Å². The molecule has 2 rings (SSSR count). The van der Waals surface area contributed by atoms with Crippen molar-refractivity contribution in [3.05, 3.63) is 29.8 Å². The summed E-state index contributed by atoms with van der Waals surface area (Å²) >= 11 is 0. The number of nitrogens with two attached hydrogens (primary N) is 1. The molecule has 0 saturated carbocycles. The Morgan fingerprint density at radius 1 is 1.16 bits per heavy atom. The molecule has 1 aromatic rings. The molecule has 0 spiro atoms. The van der Waals surface area contributed by atoms with E-state index in [1.165, 1.54) is 11.3 Å². The van der Waals surface area contributed by atoms with Crippen molar-refractivity contribution in [3.63, 3.8) is 0 Å². The Balaban J connectivity index is 2.28. The third kappa shape index (κ3) is 2.93. The molecule has 1 aliphatic rings. The standard InChI is InChI=1S/C16H27N3/c1-16(2,3)19-11-10-14(17)15(19)12-6-8-13(9-7-12)18(4)5/h6-9,14-15H,10-11,17H2,1-5H3. The SMILES string of the molecule is CN(C)c1ccc(C2C(N)CCN2C(C)(C)C)cc1. The maximum atomic E-state index is 6.34. The number of hydrogen-bond donors (Lipinski definition) is 1. The molecule has 2 unspecified atom stereocenters. The normalized spacial score (nSPS) is 24.7. The highest BCUT2D eigenvalue weighted by Gasteiger charge is 2.38. The van der Waals surface area contributed by atoms with Crippen LogP contribution in [0.4, 0.5) is 5.69 Å². The summed E-state index contributed by atoms with van der Waals surface area (Å²) in [4.78, 5) is 4.65. The molecule has 0 radical (unpaired) electrons. The Morgan fingerprint density at radius 2 is 1.74 bits per heavy atom. The summed E-state index contributed by atoms with van der Waals surface area (Å²) in [5.41, 5.74) is 9.08. The predicted molar refractivity (Wildman–Crippen MR) is 82.6 cm³/mol. The number of hydrogen-bond acceptors (Lipinski definition) is 3. The van der Waals surface area contributed by atoms with Gasteiger partial charge in [-0.25, -0.2) is 0 Å². The van der Waals surface area contributed by atoms with Crippen molar-refractivity contribution < 1.29 is 0 Å². The molecule has 0 amide bonds. The van der Waals surface area contributed by atoms with Crippen molar-refractivity contribution >= 4 is 5.69 Å². The largest absolute Gasteiger partial charge is 0.378 e. The van der Waals surface area contributed by atoms with Crippen molar-refractivity contribution in [1.82, 2.24) is 4.90 Å². The van der Waals surface area contributed by atoms with Gasteiger partial charge in [0, 0.05) is 37.9 Å². The molecule has 106 valence electrons. The van der Waals surface area contributed by atoms with E-state index in [4.69, 9.17) is 5.73 Å². The lowest BCUT2D eigenvalue weighted by atomic mass is 9.96. The highest BCUT2D eigenvalue weighted by atomic mass is 15.3. The lowest BCUT2D eigenvalue weighted by Crippen LogP contribution is -2.43. The van der Waals surface area contributed by atoms with Gasteiger partial charge in [-0.15, -0.1) is 0 Å². The Morgan fingerprint density at radius 3 is 2.21 bits per heavy atom. The van der Waals surface area contributed by atoms with E-state index in [1.807, 2.05) is 0 Å². The Labute approximate surface area is 117 Å². The molecule has 1 fully saturated rings. The minimum atomic E-state index is 0.166. The molecule has 1 aliphatic heterocycles. The molecule has 0 bridgehead atoms. The zero-order chi connectivity index (χ0) is 14.2. The molecular weight excluding hydrogens is 234 g/mol. The van der Waals surface area contributed by atoms with E-state index in [1.54, 1.807) is 0 Å². The van der Waals surface area contributed by atoms with Crippen molar-refractivity contribution in [2.45, 2.75) is 44.8 Å². The van der Waals surface area contributed by atoms with Gasteiger partial charge in [-0.3, -0.25) is 4.90 Å². The average Bonchev–Trinajstić information content (AvgIpc) is 2.71. The van der Waals surface area contributed by atoms with Gasteiger partial charge in [-0.1, -0.05) is 12.1 Å². The first-order valence-electron chi connectivity index (χ1n) is 7.10. The van der Waals surface area contributed by atoms with Gasteiger partial charge in [0.1, 0.15) is 0 Å². The molecule has 0 aromatic heterocycles. The van der Waals surface area contributed by atoms with Crippen molar-refractivity contribution in [2.24, 2.45) is 5.73 Å². The molecular formula is C16H27N3. The van der Waals surface area contributed by atoms with E-state index in [2.05, 4.69) is 68.9 Å². The summed E-state index contributed by atoms with van der Waals surface area (Å²) in [7, 11) is 4.13. The number of rotatable bonds is 2. The van der Waals surface area contributed by atoms with E-state index in [9.17, 15) is 0 Å². The van der Waals surface area contributed by atoms with Gasteiger partial charge in [0.25, 0.3) is 0 Å². The summed E-state index contributed by atoms with van der Waals surface area (Å²) in [5, 5.41) is 0. The lowest BCUT2D eigenvalue weighted by molar-refractivity contribution is 0.117. The number of anilines is 1. The van der Waals surface area contributed by atoms with E-state index >= 15 is 0 Å². The molecule has 0 aliphatic carbocycles. The van der Waals surface area contributed by atoms with Crippen LogP contribution in [0.25, 0.3) is 0 Å². The fourth-order valence-corrected chi connectivity index (χ4v) is 2.97. The first-order chi connectivity index (χ1) is 8.80. The van der Waals surface area contributed by atoms with Crippen LogP contribution in [-0.2, 0) is 0 Å². The Kier molecular flexibility index (Phi) is 3.88. The second-order valence-corrected chi connectivity index (χ2v) is 6.75. The number of nitrogens with zero attached hydrogens (tertiary/aromatic N) is 2. The topological polar surface area (TPSA) is 32.5 Å². The van der Waals surface area contributed by atoms with E-state index < -0.39 is 0 Å². The quantitative estimate of drug-likeness (QED) is 0.888. The van der Waals surface area contributed by atoms with Crippen molar-refractivity contribution in [3.8, 4) is 0 Å². The third-order valence-electron chi connectivity index (χ3n) is 4.06. The number of likely N-dealkylation sites (tertiary alicyclic amines) is 1. The van der Waals surface area contributed by atoms with Crippen LogP contribution in [0.15, 0.2) is 24.3 Å². The summed E-state index contributed by atoms with van der Waals surface area (Å²) in [6.07, 6.45) is 1.08. The molecule has 19 heavy (non-hydrogen) atoms. The Hall–Kier alpha value is -1.06. The monoisotopic (exact) mass is 261 g/mol. The van der Waals surface area contributed by atoms with Crippen molar-refractivity contribution in [1.29, 1.82) is 0 Å². The summed E-state index contributed by atoms with van der Waals surface area (Å²) < 4.78 is 0. The number of benzene rings is 1. The summed E-state index contributed by atoms with van der Waals surface area (Å²) in [6, 6.07) is 9.40. The van der Waals surface area contributed by atoms with Crippen LogP contribution in [0.5, 0.6) is 0 Å². The van der Waals surface area contributed by atoms with E-state index in [0.29, 0.717) is 6.04 Å². The molecule has 2 atom stereocenters. The van der Waals surface area contributed by atoms with Gasteiger partial charge in [0.2, 0.25) is 0 Å². The summed E-state index contributed by atoms with van der Waals surface area (Å²) in [5.74, 6) is 0. The van der Waals surface area contributed by atoms with Crippen molar-refractivity contribution in [2.75, 3.05) is 25.5 Å². The minimum absolute atomic E-state index is 0.166. The fourth-order valence-electron chi connectivity index (χ4n) is 2.97. The van der Waals surface area contributed by atoms with Gasteiger partial charge >= 0.3 is 0 Å². The van der Waals surface area contributed by atoms with Crippen LogP contribution < -0.4 is 10.6 Å². The van der Waals surface area contributed by atoms with Crippen LogP contribution in [0.3, 0.4) is 0 Å². The van der Waals surface area contributed by atoms with Crippen LogP contribution >= 0.6 is 0 Å². The van der Waals surface area contributed by atoms with Gasteiger partial charge in [-0.05, 0) is 44.9 Å². The van der Waals surface area contributed by atoms with Gasteiger partial charge in [0.15, 0.2) is 0 Å². The average molecular weight is 261 g/mol. The van der Waals surface area contributed by atoms with Gasteiger partial charge in [0.05, 0.1) is 6.04 Å². The second-order valence-electron chi connectivity index (χ2n) is 6.75. The zero-order valence-electron chi connectivity index (χ0n) is 12.9. The van der Waals surface area contributed by atoms with Gasteiger partial charge < -0.3 is 10.6 Å². The molecule has 3 heteroatoms. The van der Waals surface area contributed by atoms with Crippen LogP contribution in [0.1, 0.15) is 38.8 Å². The van der Waals surface area contributed by atoms with Crippen LogP contribution in [0, 0.1) is 0 Å². The first kappa shape index (κ1) is 14.4. The van der Waals surface area contributed by atoms with Crippen LogP contribution in [-0.4, -0.2) is 37.1 Å². The lowest BCUT2D eigenvalue weighted by Gasteiger charge is -2.38. The molecule has 2 N–H and O–H groups in total. The van der Waals surface area contributed by atoms with Gasteiger partial charge in [-0.2, -0.15) is 0 Å². The fraction of sp³-hybridized carbons (Fsp3) is 0.625. The minimum Gasteiger partial charge on any atom is -0.378 e. The maximum Gasteiger partial charge on any atom is 0.0504 e.